The fraction of sp³-hybridized carbons (Fsp3) is 0.375. The summed E-state index contributed by atoms with van der Waals surface area (Å²) in [4.78, 5) is 26.4. The van der Waals surface area contributed by atoms with E-state index in [2.05, 4.69) is 20.1 Å². The zero-order chi connectivity index (χ0) is 15.6. The van der Waals surface area contributed by atoms with Crippen molar-refractivity contribution >= 4 is 16.9 Å². The van der Waals surface area contributed by atoms with Gasteiger partial charge in [-0.2, -0.15) is 5.10 Å². The zero-order valence-electron chi connectivity index (χ0n) is 12.7. The van der Waals surface area contributed by atoms with Crippen LogP contribution in [0.2, 0.25) is 0 Å². The molecule has 1 aliphatic heterocycles. The van der Waals surface area contributed by atoms with Crippen LogP contribution in [0.1, 0.15) is 31.1 Å². The first-order chi connectivity index (χ1) is 11.3. The molecule has 3 heterocycles. The molecule has 23 heavy (non-hydrogen) atoms. The molecule has 1 fully saturated rings. The van der Waals surface area contributed by atoms with E-state index in [1.165, 1.54) is 6.33 Å². The third kappa shape index (κ3) is 2.69. The third-order valence-electron chi connectivity index (χ3n) is 4.32. The Morgan fingerprint density at radius 3 is 3.09 bits per heavy atom. The van der Waals surface area contributed by atoms with Crippen molar-refractivity contribution in [3.63, 3.8) is 0 Å². The molecule has 0 spiro atoms. The van der Waals surface area contributed by atoms with Crippen LogP contribution in [0.4, 0.5) is 0 Å². The molecule has 7 heteroatoms. The van der Waals surface area contributed by atoms with Gasteiger partial charge in [0, 0.05) is 13.0 Å². The highest BCUT2D eigenvalue weighted by atomic mass is 16.2. The quantitative estimate of drug-likeness (QED) is 0.798. The number of carbonyl (C=O) groups is 1. The van der Waals surface area contributed by atoms with Crippen LogP contribution in [-0.4, -0.2) is 42.1 Å². The predicted octanol–water partition coefficient (Wildman–Crippen LogP) is 1.91. The highest BCUT2D eigenvalue weighted by molar-refractivity contribution is 5.78. The number of likely N-dealkylation sites (tertiary alicyclic amines) is 1. The molecule has 1 amide bonds. The first kappa shape index (κ1) is 13.9. The molecule has 118 valence electrons. The SMILES string of the molecule is O=C(CCn1cncn1)N1CCC[C@H]1c1nc2ccccc2[nH]1. The third-order valence-corrected chi connectivity index (χ3v) is 4.32. The molecule has 0 bridgehead atoms. The van der Waals surface area contributed by atoms with E-state index in [0.717, 1.165) is 36.2 Å². The van der Waals surface area contributed by atoms with Gasteiger partial charge < -0.3 is 9.88 Å². The van der Waals surface area contributed by atoms with E-state index >= 15 is 0 Å². The van der Waals surface area contributed by atoms with Gasteiger partial charge in [-0.3, -0.25) is 9.48 Å². The molecule has 1 saturated heterocycles. The number of imidazole rings is 1. The number of H-pyrrole nitrogens is 1. The molecule has 0 unspecified atom stereocenters. The smallest absolute Gasteiger partial charge is 0.225 e. The Kier molecular flexibility index (Phi) is 3.53. The van der Waals surface area contributed by atoms with Crippen molar-refractivity contribution in [2.75, 3.05) is 6.54 Å². The number of rotatable bonds is 4. The summed E-state index contributed by atoms with van der Waals surface area (Å²) in [6.07, 6.45) is 5.51. The van der Waals surface area contributed by atoms with Crippen LogP contribution in [0, 0.1) is 0 Å². The number of aromatic nitrogens is 5. The maximum atomic E-state index is 12.6. The Morgan fingerprint density at radius 1 is 1.35 bits per heavy atom. The second kappa shape index (κ2) is 5.83. The van der Waals surface area contributed by atoms with E-state index in [4.69, 9.17) is 0 Å². The normalized spacial score (nSPS) is 17.9. The highest BCUT2D eigenvalue weighted by Crippen LogP contribution is 2.31. The van der Waals surface area contributed by atoms with Gasteiger partial charge in [0.05, 0.1) is 23.6 Å². The molecule has 0 aliphatic carbocycles. The largest absolute Gasteiger partial charge is 0.340 e. The number of nitrogens with one attached hydrogen (secondary N) is 1. The number of amides is 1. The fourth-order valence-electron chi connectivity index (χ4n) is 3.18. The molecule has 7 nitrogen and oxygen atoms in total. The lowest BCUT2D eigenvalue weighted by Gasteiger charge is -2.23. The molecule has 1 aliphatic rings. The van der Waals surface area contributed by atoms with Gasteiger partial charge in [-0.1, -0.05) is 12.1 Å². The topological polar surface area (TPSA) is 79.7 Å². The van der Waals surface area contributed by atoms with E-state index < -0.39 is 0 Å². The number of aryl methyl sites for hydroxylation is 1. The van der Waals surface area contributed by atoms with E-state index in [9.17, 15) is 4.79 Å². The Morgan fingerprint density at radius 2 is 2.26 bits per heavy atom. The van der Waals surface area contributed by atoms with Crippen molar-refractivity contribution in [3.05, 3.63) is 42.7 Å². The molecular formula is C16H18N6O. The zero-order valence-corrected chi connectivity index (χ0v) is 12.7. The maximum Gasteiger partial charge on any atom is 0.225 e. The number of para-hydroxylation sites is 2. The van der Waals surface area contributed by atoms with E-state index in [1.807, 2.05) is 29.2 Å². The Labute approximate surface area is 133 Å². The number of nitrogens with zero attached hydrogens (tertiary/aromatic N) is 5. The second-order valence-corrected chi connectivity index (χ2v) is 5.79. The Hall–Kier alpha value is -2.70. The van der Waals surface area contributed by atoms with Crippen LogP contribution in [0.3, 0.4) is 0 Å². The molecule has 3 aromatic rings. The van der Waals surface area contributed by atoms with E-state index in [0.29, 0.717) is 13.0 Å². The summed E-state index contributed by atoms with van der Waals surface area (Å²) in [6.45, 7) is 1.35. The monoisotopic (exact) mass is 310 g/mol. The molecular weight excluding hydrogens is 292 g/mol. The first-order valence-corrected chi connectivity index (χ1v) is 7.88. The van der Waals surface area contributed by atoms with Gasteiger partial charge in [-0.15, -0.1) is 0 Å². The van der Waals surface area contributed by atoms with Gasteiger partial charge in [0.1, 0.15) is 18.5 Å². The first-order valence-electron chi connectivity index (χ1n) is 7.88. The van der Waals surface area contributed by atoms with Crippen molar-refractivity contribution in [1.82, 2.24) is 29.6 Å². The van der Waals surface area contributed by atoms with E-state index in [1.54, 1.807) is 11.0 Å². The average Bonchev–Trinajstić information content (AvgIpc) is 3.31. The summed E-state index contributed by atoms with van der Waals surface area (Å²) in [7, 11) is 0. The summed E-state index contributed by atoms with van der Waals surface area (Å²) in [6, 6.07) is 8.01. The number of benzene rings is 1. The number of hydrogen-bond acceptors (Lipinski definition) is 4. The van der Waals surface area contributed by atoms with Crippen LogP contribution in [0.25, 0.3) is 11.0 Å². The van der Waals surface area contributed by atoms with Crippen LogP contribution in [-0.2, 0) is 11.3 Å². The summed E-state index contributed by atoms with van der Waals surface area (Å²) in [5.74, 6) is 1.03. The van der Waals surface area contributed by atoms with Crippen molar-refractivity contribution in [2.45, 2.75) is 31.8 Å². The Bertz CT molecular complexity index is 776. The molecule has 1 atom stereocenters. The average molecular weight is 310 g/mol. The van der Waals surface area contributed by atoms with E-state index in [-0.39, 0.29) is 11.9 Å². The maximum absolute atomic E-state index is 12.6. The minimum absolute atomic E-state index is 0.0469. The number of fused-ring (bicyclic) bond motifs is 1. The number of hydrogen-bond donors (Lipinski definition) is 1. The van der Waals surface area contributed by atoms with Gasteiger partial charge in [0.2, 0.25) is 5.91 Å². The lowest BCUT2D eigenvalue weighted by atomic mass is 10.2. The van der Waals surface area contributed by atoms with Gasteiger partial charge in [-0.25, -0.2) is 9.97 Å². The van der Waals surface area contributed by atoms with Gasteiger partial charge in [0.25, 0.3) is 0 Å². The van der Waals surface area contributed by atoms with Crippen LogP contribution >= 0.6 is 0 Å². The fourth-order valence-corrected chi connectivity index (χ4v) is 3.18. The molecule has 1 aromatic carbocycles. The van der Waals surface area contributed by atoms with Crippen LogP contribution in [0.15, 0.2) is 36.9 Å². The van der Waals surface area contributed by atoms with Crippen molar-refractivity contribution in [1.29, 1.82) is 0 Å². The van der Waals surface area contributed by atoms with Crippen LogP contribution in [0.5, 0.6) is 0 Å². The van der Waals surface area contributed by atoms with Gasteiger partial charge in [-0.05, 0) is 25.0 Å². The standard InChI is InChI=1S/C16H18N6O/c23-15(7-9-21-11-17-10-18-21)22-8-3-6-14(22)16-19-12-4-1-2-5-13(12)20-16/h1-2,4-5,10-11,14H,3,6-9H2,(H,19,20)/t14-/m0/s1. The minimum Gasteiger partial charge on any atom is -0.340 e. The highest BCUT2D eigenvalue weighted by Gasteiger charge is 2.31. The number of aromatic amines is 1. The summed E-state index contributed by atoms with van der Waals surface area (Å²) >= 11 is 0. The lowest BCUT2D eigenvalue weighted by molar-refractivity contribution is -0.132. The van der Waals surface area contributed by atoms with Crippen molar-refractivity contribution in [2.24, 2.45) is 0 Å². The summed E-state index contributed by atoms with van der Waals surface area (Å²) < 4.78 is 1.68. The van der Waals surface area contributed by atoms with Crippen molar-refractivity contribution < 1.29 is 4.79 Å². The molecule has 1 N–H and O–H groups in total. The number of carbonyl (C=O) groups excluding carboxylic acids is 1. The molecule has 4 rings (SSSR count). The minimum atomic E-state index is 0.0469. The van der Waals surface area contributed by atoms with Crippen molar-refractivity contribution in [3.8, 4) is 0 Å². The predicted molar refractivity (Wildman–Crippen MR) is 84.4 cm³/mol. The molecule has 2 aromatic heterocycles. The summed E-state index contributed by atoms with van der Waals surface area (Å²) in [5, 5.41) is 4.04. The van der Waals surface area contributed by atoms with Crippen LogP contribution < -0.4 is 0 Å². The summed E-state index contributed by atoms with van der Waals surface area (Å²) in [5.41, 5.74) is 1.97. The van der Waals surface area contributed by atoms with Gasteiger partial charge in [0.15, 0.2) is 0 Å². The van der Waals surface area contributed by atoms with Gasteiger partial charge >= 0.3 is 0 Å². The second-order valence-electron chi connectivity index (χ2n) is 5.79. The lowest BCUT2D eigenvalue weighted by Crippen LogP contribution is -2.31. The molecule has 0 saturated carbocycles. The Balaban J connectivity index is 1.50. The molecule has 0 radical (unpaired) electrons.